The number of aliphatic hydroxyl groups is 1. The highest BCUT2D eigenvalue weighted by molar-refractivity contribution is 5.85. The molecule has 0 aromatic carbocycles. The van der Waals surface area contributed by atoms with Crippen LogP contribution in [0.25, 0.3) is 0 Å². The molecule has 1 heterocycles. The minimum Gasteiger partial charge on any atom is -0.394 e. The lowest BCUT2D eigenvalue weighted by Crippen LogP contribution is -2.32. The van der Waals surface area contributed by atoms with E-state index in [1.54, 1.807) is 0 Å². The molecule has 2 rings (SSSR count). The molecule has 0 radical (unpaired) electrons. The number of carbonyl (C=O) groups excluding carboxylic acids is 1. The molecule has 1 saturated carbocycles. The third-order valence-electron chi connectivity index (χ3n) is 2.22. The molecule has 3 nitrogen and oxygen atoms in total. The molecule has 0 aromatic heterocycles. The molecule has 50 valence electrons. The Morgan fingerprint density at radius 3 is 2.78 bits per heavy atom. The third kappa shape index (κ3) is 0.580. The fourth-order valence-electron chi connectivity index (χ4n) is 1.54. The van der Waals surface area contributed by atoms with Crippen LogP contribution in [0.1, 0.15) is 6.42 Å². The predicted molar refractivity (Wildman–Crippen MR) is 30.6 cm³/mol. The monoisotopic (exact) mass is 127 g/mol. The standard InChI is InChI=1S/C6H9NO2/c8-2-5-3-1-4(3)6(9)7-5/h3-5,8H,1-2H2,(H,7,9)/t3?,4?,5-/m1/s1. The second-order valence-electron chi connectivity index (χ2n) is 2.80. The number of hydrogen-bond donors (Lipinski definition) is 2. The average molecular weight is 127 g/mol. The SMILES string of the molecule is O=C1N[C@H](CO)C2CC12. The molecule has 9 heavy (non-hydrogen) atoms. The quantitative estimate of drug-likeness (QED) is 0.480. The molecule has 1 aliphatic heterocycles. The van der Waals surface area contributed by atoms with Crippen molar-refractivity contribution in [3.63, 3.8) is 0 Å². The van der Waals surface area contributed by atoms with E-state index in [1.807, 2.05) is 0 Å². The third-order valence-corrected chi connectivity index (χ3v) is 2.22. The van der Waals surface area contributed by atoms with Gasteiger partial charge in [-0.3, -0.25) is 4.79 Å². The molecule has 2 N–H and O–H groups in total. The Bertz CT molecular complexity index is 157. The lowest BCUT2D eigenvalue weighted by molar-refractivity contribution is -0.121. The Labute approximate surface area is 53.1 Å². The zero-order valence-corrected chi connectivity index (χ0v) is 5.00. The second kappa shape index (κ2) is 1.48. The van der Waals surface area contributed by atoms with Crippen molar-refractivity contribution < 1.29 is 9.90 Å². The van der Waals surface area contributed by atoms with Crippen LogP contribution in [0.4, 0.5) is 0 Å². The van der Waals surface area contributed by atoms with Crippen LogP contribution in [-0.2, 0) is 4.79 Å². The maximum atomic E-state index is 10.8. The first kappa shape index (κ1) is 5.23. The maximum Gasteiger partial charge on any atom is 0.223 e. The summed E-state index contributed by atoms with van der Waals surface area (Å²) in [6, 6.07) is 0.0718. The maximum absolute atomic E-state index is 10.8. The van der Waals surface area contributed by atoms with Gasteiger partial charge in [-0.25, -0.2) is 0 Å². The van der Waals surface area contributed by atoms with Crippen molar-refractivity contribution >= 4 is 5.91 Å². The van der Waals surface area contributed by atoms with Crippen molar-refractivity contribution in [3.05, 3.63) is 0 Å². The van der Waals surface area contributed by atoms with Gasteiger partial charge in [0.2, 0.25) is 5.91 Å². The zero-order chi connectivity index (χ0) is 6.43. The summed E-state index contributed by atoms with van der Waals surface area (Å²) >= 11 is 0. The molecule has 3 atom stereocenters. The first-order valence-electron chi connectivity index (χ1n) is 3.24. The predicted octanol–water partition coefficient (Wildman–Crippen LogP) is -0.887. The van der Waals surface area contributed by atoms with Crippen molar-refractivity contribution in [3.8, 4) is 0 Å². The molecular weight excluding hydrogens is 118 g/mol. The van der Waals surface area contributed by atoms with E-state index in [9.17, 15) is 4.79 Å². The summed E-state index contributed by atoms with van der Waals surface area (Å²) < 4.78 is 0. The topological polar surface area (TPSA) is 49.3 Å². The van der Waals surface area contributed by atoms with Crippen molar-refractivity contribution in [1.29, 1.82) is 0 Å². The van der Waals surface area contributed by atoms with E-state index in [0.29, 0.717) is 5.92 Å². The number of piperidine rings is 1. The van der Waals surface area contributed by atoms with Crippen LogP contribution in [-0.4, -0.2) is 23.7 Å². The average Bonchev–Trinajstić information content (AvgIpc) is 2.56. The highest BCUT2D eigenvalue weighted by Crippen LogP contribution is 2.45. The Morgan fingerprint density at radius 1 is 1.78 bits per heavy atom. The molecule has 0 aromatic rings. The highest BCUT2D eigenvalue weighted by atomic mass is 16.3. The summed E-state index contributed by atoms with van der Waals surface area (Å²) in [5.74, 6) is 0.851. The number of rotatable bonds is 1. The minimum absolute atomic E-state index is 0.0718. The number of carbonyl (C=O) groups is 1. The van der Waals surface area contributed by atoms with E-state index in [1.165, 1.54) is 0 Å². The van der Waals surface area contributed by atoms with Crippen LogP contribution in [0.5, 0.6) is 0 Å². The van der Waals surface area contributed by atoms with Gasteiger partial charge in [-0.15, -0.1) is 0 Å². The van der Waals surface area contributed by atoms with Crippen LogP contribution in [0.3, 0.4) is 0 Å². The lowest BCUT2D eigenvalue weighted by Gasteiger charge is -2.07. The molecule has 2 aliphatic rings. The van der Waals surface area contributed by atoms with Gasteiger partial charge in [0.25, 0.3) is 0 Å². The van der Waals surface area contributed by atoms with E-state index in [2.05, 4.69) is 5.32 Å². The molecule has 0 bridgehead atoms. The minimum atomic E-state index is 0.0718. The summed E-state index contributed by atoms with van der Waals surface area (Å²) in [4.78, 5) is 10.8. The van der Waals surface area contributed by atoms with Crippen molar-refractivity contribution in [2.24, 2.45) is 11.8 Å². The number of aliphatic hydroxyl groups excluding tert-OH is 1. The van der Waals surface area contributed by atoms with Crippen LogP contribution < -0.4 is 5.32 Å². The molecule has 1 aliphatic carbocycles. The number of amides is 1. The fourth-order valence-corrected chi connectivity index (χ4v) is 1.54. The van der Waals surface area contributed by atoms with E-state index >= 15 is 0 Å². The van der Waals surface area contributed by atoms with Crippen molar-refractivity contribution in [1.82, 2.24) is 5.32 Å². The molecule has 2 unspecified atom stereocenters. The summed E-state index contributed by atoms with van der Waals surface area (Å²) in [6.45, 7) is 0.104. The van der Waals surface area contributed by atoms with E-state index in [4.69, 9.17) is 5.11 Å². The normalized spacial score (nSPS) is 46.3. The first-order chi connectivity index (χ1) is 4.33. The largest absolute Gasteiger partial charge is 0.394 e. The Hall–Kier alpha value is -0.570. The van der Waals surface area contributed by atoms with Gasteiger partial charge in [-0.2, -0.15) is 0 Å². The fraction of sp³-hybridized carbons (Fsp3) is 0.833. The second-order valence-corrected chi connectivity index (χ2v) is 2.80. The highest BCUT2D eigenvalue weighted by Gasteiger charge is 2.53. The van der Waals surface area contributed by atoms with Gasteiger partial charge < -0.3 is 10.4 Å². The zero-order valence-electron chi connectivity index (χ0n) is 5.00. The molecule has 2 fully saturated rings. The Balaban J connectivity index is 2.08. The van der Waals surface area contributed by atoms with Crippen LogP contribution in [0.15, 0.2) is 0 Å². The molecular formula is C6H9NO2. The van der Waals surface area contributed by atoms with E-state index < -0.39 is 0 Å². The van der Waals surface area contributed by atoms with Gasteiger partial charge in [0.05, 0.1) is 12.6 Å². The van der Waals surface area contributed by atoms with Crippen LogP contribution >= 0.6 is 0 Å². The van der Waals surface area contributed by atoms with Crippen LogP contribution in [0, 0.1) is 11.8 Å². The smallest absolute Gasteiger partial charge is 0.223 e. The van der Waals surface area contributed by atoms with Crippen LogP contribution in [0.2, 0.25) is 0 Å². The Kier molecular flexibility index (Phi) is 0.858. The molecule has 3 heteroatoms. The summed E-state index contributed by atoms with van der Waals surface area (Å²) in [6.07, 6.45) is 0.997. The van der Waals surface area contributed by atoms with E-state index in [0.717, 1.165) is 6.42 Å². The van der Waals surface area contributed by atoms with Gasteiger partial charge in [-0.1, -0.05) is 0 Å². The van der Waals surface area contributed by atoms with Gasteiger partial charge in [0.1, 0.15) is 0 Å². The number of nitrogens with one attached hydrogen (secondary N) is 1. The summed E-state index contributed by atoms with van der Waals surface area (Å²) in [7, 11) is 0. The first-order valence-corrected chi connectivity index (χ1v) is 3.24. The van der Waals surface area contributed by atoms with E-state index in [-0.39, 0.29) is 24.5 Å². The summed E-state index contributed by atoms with van der Waals surface area (Å²) in [5.41, 5.74) is 0. The van der Waals surface area contributed by atoms with Gasteiger partial charge >= 0.3 is 0 Å². The molecule has 1 saturated heterocycles. The van der Waals surface area contributed by atoms with Crippen molar-refractivity contribution in [2.75, 3.05) is 6.61 Å². The molecule has 0 spiro atoms. The number of hydrogen-bond acceptors (Lipinski definition) is 2. The lowest BCUT2D eigenvalue weighted by atomic mass is 10.2. The Morgan fingerprint density at radius 2 is 2.56 bits per heavy atom. The van der Waals surface area contributed by atoms with Gasteiger partial charge in [0, 0.05) is 5.92 Å². The van der Waals surface area contributed by atoms with Gasteiger partial charge in [-0.05, 0) is 12.3 Å². The van der Waals surface area contributed by atoms with Crippen molar-refractivity contribution in [2.45, 2.75) is 12.5 Å². The van der Waals surface area contributed by atoms with Gasteiger partial charge in [0.15, 0.2) is 0 Å². The summed E-state index contributed by atoms with van der Waals surface area (Å²) in [5, 5.41) is 11.4. The molecule has 1 amide bonds. The number of fused-ring (bicyclic) bond motifs is 1.